The molecule has 0 atom stereocenters. The number of para-hydroxylation sites is 1. The molecule has 0 fully saturated rings. The lowest BCUT2D eigenvalue weighted by Gasteiger charge is -2.17. The molecule has 2 aromatic carbocycles. The van der Waals surface area contributed by atoms with Crippen LogP contribution in [0.1, 0.15) is 15.9 Å². The minimum atomic E-state index is -0.191. The Labute approximate surface area is 161 Å². The zero-order valence-corrected chi connectivity index (χ0v) is 15.8. The summed E-state index contributed by atoms with van der Waals surface area (Å²) < 4.78 is 6.88. The second-order valence-corrected chi connectivity index (χ2v) is 6.58. The number of carbonyl (C=O) groups excluding carboxylic acids is 1. The number of rotatable bonds is 5. The first-order chi connectivity index (χ1) is 12.5. The molecule has 5 nitrogen and oxygen atoms in total. The average molecular weight is 390 g/mol. The van der Waals surface area contributed by atoms with Crippen LogP contribution in [0.25, 0.3) is 5.69 Å². The molecule has 0 saturated carbocycles. The van der Waals surface area contributed by atoms with E-state index in [9.17, 15) is 4.79 Å². The van der Waals surface area contributed by atoms with Crippen LogP contribution in [-0.2, 0) is 6.54 Å². The van der Waals surface area contributed by atoms with Crippen molar-refractivity contribution in [3.63, 3.8) is 0 Å². The maximum atomic E-state index is 12.7. The Hall–Kier alpha value is -2.50. The number of nitrogens with zero attached hydrogens (tertiary/aromatic N) is 3. The maximum Gasteiger partial charge on any atom is 0.254 e. The SMILES string of the molecule is COc1c(Cl)cc(C(=O)N(C)Cc2cnn(-c3ccccc3)c2)cc1Cl. The Balaban J connectivity index is 1.75. The number of halogens is 2. The zero-order valence-electron chi connectivity index (χ0n) is 14.3. The monoisotopic (exact) mass is 389 g/mol. The van der Waals surface area contributed by atoms with Crippen molar-refractivity contribution in [2.24, 2.45) is 0 Å². The van der Waals surface area contributed by atoms with E-state index < -0.39 is 0 Å². The van der Waals surface area contributed by atoms with E-state index in [0.717, 1.165) is 11.3 Å². The van der Waals surface area contributed by atoms with Gasteiger partial charge in [0.15, 0.2) is 5.75 Å². The van der Waals surface area contributed by atoms with Crippen LogP contribution < -0.4 is 4.74 Å². The van der Waals surface area contributed by atoms with Gasteiger partial charge >= 0.3 is 0 Å². The molecule has 0 aliphatic carbocycles. The molecule has 0 spiro atoms. The number of hydrogen-bond acceptors (Lipinski definition) is 3. The average Bonchev–Trinajstić information content (AvgIpc) is 3.10. The largest absolute Gasteiger partial charge is 0.494 e. The van der Waals surface area contributed by atoms with Gasteiger partial charge in [-0.1, -0.05) is 41.4 Å². The second kappa shape index (κ2) is 7.81. The summed E-state index contributed by atoms with van der Waals surface area (Å²) in [5, 5.41) is 4.94. The van der Waals surface area contributed by atoms with E-state index in [0.29, 0.717) is 27.9 Å². The van der Waals surface area contributed by atoms with Gasteiger partial charge in [-0.05, 0) is 24.3 Å². The van der Waals surface area contributed by atoms with Crippen LogP contribution in [0.15, 0.2) is 54.9 Å². The smallest absolute Gasteiger partial charge is 0.254 e. The summed E-state index contributed by atoms with van der Waals surface area (Å²) in [7, 11) is 3.19. The van der Waals surface area contributed by atoms with E-state index in [1.54, 1.807) is 35.0 Å². The summed E-state index contributed by atoms with van der Waals surface area (Å²) in [6.45, 7) is 0.410. The predicted octanol–water partition coefficient (Wildman–Crippen LogP) is 4.46. The van der Waals surface area contributed by atoms with Gasteiger partial charge in [0.2, 0.25) is 0 Å². The highest BCUT2D eigenvalue weighted by molar-refractivity contribution is 6.37. The van der Waals surface area contributed by atoms with Gasteiger partial charge in [0.1, 0.15) is 0 Å². The standard InChI is InChI=1S/C19H17Cl2N3O2/c1-23(19(25)14-8-16(20)18(26-2)17(21)9-14)11-13-10-22-24(12-13)15-6-4-3-5-7-15/h3-10,12H,11H2,1-2H3. The lowest BCUT2D eigenvalue weighted by atomic mass is 10.2. The van der Waals surface area contributed by atoms with Crippen LogP contribution in [0.2, 0.25) is 10.0 Å². The van der Waals surface area contributed by atoms with Gasteiger partial charge in [-0.3, -0.25) is 4.79 Å². The zero-order chi connectivity index (χ0) is 18.7. The third kappa shape index (κ3) is 3.84. The topological polar surface area (TPSA) is 47.4 Å². The molecule has 1 aromatic heterocycles. The summed E-state index contributed by atoms with van der Waals surface area (Å²) >= 11 is 12.2. The molecular weight excluding hydrogens is 373 g/mol. The Morgan fingerprint density at radius 2 is 1.85 bits per heavy atom. The minimum absolute atomic E-state index is 0.191. The molecule has 0 saturated heterocycles. The predicted molar refractivity (Wildman–Crippen MR) is 102 cm³/mol. The number of carbonyl (C=O) groups is 1. The van der Waals surface area contributed by atoms with E-state index in [4.69, 9.17) is 27.9 Å². The number of ether oxygens (including phenoxy) is 1. The van der Waals surface area contributed by atoms with Crippen LogP contribution >= 0.6 is 23.2 Å². The van der Waals surface area contributed by atoms with Crippen LogP contribution in [0.3, 0.4) is 0 Å². The normalized spacial score (nSPS) is 10.6. The number of aromatic nitrogens is 2. The summed E-state index contributed by atoms with van der Waals surface area (Å²) in [6.07, 6.45) is 3.64. The van der Waals surface area contributed by atoms with Gasteiger partial charge in [0.25, 0.3) is 5.91 Å². The number of methoxy groups -OCH3 is 1. The highest BCUT2D eigenvalue weighted by Gasteiger charge is 2.17. The van der Waals surface area contributed by atoms with Crippen molar-refractivity contribution >= 4 is 29.1 Å². The first-order valence-electron chi connectivity index (χ1n) is 7.87. The molecule has 3 aromatic rings. The van der Waals surface area contributed by atoms with Crippen LogP contribution in [0, 0.1) is 0 Å². The number of amides is 1. The fourth-order valence-electron chi connectivity index (χ4n) is 2.61. The van der Waals surface area contributed by atoms with Gasteiger partial charge in [-0.25, -0.2) is 4.68 Å². The molecule has 0 unspecified atom stereocenters. The van der Waals surface area contributed by atoms with E-state index in [2.05, 4.69) is 5.10 Å². The van der Waals surface area contributed by atoms with Crippen LogP contribution in [0.4, 0.5) is 0 Å². The van der Waals surface area contributed by atoms with Crippen LogP contribution in [0.5, 0.6) is 5.75 Å². The van der Waals surface area contributed by atoms with Crippen molar-refractivity contribution in [3.8, 4) is 11.4 Å². The Bertz CT molecular complexity index is 903. The van der Waals surface area contributed by atoms with Crippen molar-refractivity contribution < 1.29 is 9.53 Å². The van der Waals surface area contributed by atoms with Crippen molar-refractivity contribution in [1.82, 2.24) is 14.7 Å². The second-order valence-electron chi connectivity index (χ2n) is 5.76. The van der Waals surface area contributed by atoms with Gasteiger partial charge in [0, 0.05) is 30.9 Å². The first kappa shape index (κ1) is 18.3. The molecule has 0 aliphatic heterocycles. The molecule has 1 amide bonds. The molecular formula is C19H17Cl2N3O2. The molecule has 7 heteroatoms. The van der Waals surface area contributed by atoms with Gasteiger partial charge in [-0.2, -0.15) is 5.10 Å². The fraction of sp³-hybridized carbons (Fsp3) is 0.158. The molecule has 3 rings (SSSR count). The Morgan fingerprint density at radius 3 is 2.46 bits per heavy atom. The number of benzene rings is 2. The van der Waals surface area contributed by atoms with Crippen molar-refractivity contribution in [2.75, 3.05) is 14.2 Å². The first-order valence-corrected chi connectivity index (χ1v) is 8.62. The van der Waals surface area contributed by atoms with Crippen molar-refractivity contribution in [1.29, 1.82) is 0 Å². The minimum Gasteiger partial charge on any atom is -0.494 e. The van der Waals surface area contributed by atoms with Crippen molar-refractivity contribution in [2.45, 2.75) is 6.54 Å². The van der Waals surface area contributed by atoms with E-state index in [1.807, 2.05) is 36.5 Å². The third-order valence-electron chi connectivity index (χ3n) is 3.87. The molecule has 0 aliphatic rings. The van der Waals surface area contributed by atoms with E-state index >= 15 is 0 Å². The molecule has 134 valence electrons. The van der Waals surface area contributed by atoms with Gasteiger partial charge in [0.05, 0.1) is 29.0 Å². The lowest BCUT2D eigenvalue weighted by Crippen LogP contribution is -2.26. The summed E-state index contributed by atoms with van der Waals surface area (Å²) in [6, 6.07) is 12.9. The van der Waals surface area contributed by atoms with Gasteiger partial charge in [-0.15, -0.1) is 0 Å². The summed E-state index contributed by atoms with van der Waals surface area (Å²) in [4.78, 5) is 14.3. The molecule has 0 N–H and O–H groups in total. The maximum absolute atomic E-state index is 12.7. The Kier molecular flexibility index (Phi) is 5.49. The van der Waals surface area contributed by atoms with E-state index in [1.165, 1.54) is 7.11 Å². The molecule has 0 bridgehead atoms. The number of hydrogen-bond donors (Lipinski definition) is 0. The molecule has 0 radical (unpaired) electrons. The quantitative estimate of drug-likeness (QED) is 0.646. The molecule has 26 heavy (non-hydrogen) atoms. The fourth-order valence-corrected chi connectivity index (χ4v) is 3.25. The van der Waals surface area contributed by atoms with Crippen molar-refractivity contribution in [3.05, 3.63) is 76.0 Å². The lowest BCUT2D eigenvalue weighted by molar-refractivity contribution is 0.0785. The van der Waals surface area contributed by atoms with Gasteiger partial charge < -0.3 is 9.64 Å². The summed E-state index contributed by atoms with van der Waals surface area (Å²) in [5.74, 6) is 0.167. The highest BCUT2D eigenvalue weighted by Crippen LogP contribution is 2.34. The Morgan fingerprint density at radius 1 is 1.19 bits per heavy atom. The highest BCUT2D eigenvalue weighted by atomic mass is 35.5. The van der Waals surface area contributed by atoms with E-state index in [-0.39, 0.29) is 5.91 Å². The summed E-state index contributed by atoms with van der Waals surface area (Å²) in [5.41, 5.74) is 2.27. The molecule has 1 heterocycles. The third-order valence-corrected chi connectivity index (χ3v) is 4.43. The van der Waals surface area contributed by atoms with Crippen LogP contribution in [-0.4, -0.2) is 34.7 Å².